The molecule has 176 valence electrons. The van der Waals surface area contributed by atoms with Gasteiger partial charge in [-0.1, -0.05) is 13.3 Å². The molecule has 1 aromatic carbocycles. The lowest BCUT2D eigenvalue weighted by atomic mass is 9.94. The standard InChI is InChI=1S/C24H30N4O5/c1-13-6-5-7-18(28-23(32)33-24(2,3)4)20-10-14(8-9-26-20)15-11-16(22(30)31)17(25)12-19(15)27-21(13)29/h8-13,18H,5-7,25H2,1-4H3,(H,27,29)(H,28,32)(H,30,31)/t13-,18+/m1/s1. The third-order valence-corrected chi connectivity index (χ3v) is 5.40. The van der Waals surface area contributed by atoms with Gasteiger partial charge in [-0.2, -0.15) is 0 Å². The second kappa shape index (κ2) is 9.48. The van der Waals surface area contributed by atoms with E-state index >= 15 is 0 Å². The number of alkyl carbamates (subject to hydrolysis) is 1. The van der Waals surface area contributed by atoms with E-state index in [9.17, 15) is 19.5 Å². The molecule has 9 heteroatoms. The van der Waals surface area contributed by atoms with Crippen molar-refractivity contribution in [1.82, 2.24) is 10.3 Å². The fourth-order valence-electron chi connectivity index (χ4n) is 3.71. The highest BCUT2D eigenvalue weighted by Crippen LogP contribution is 2.35. The van der Waals surface area contributed by atoms with Gasteiger partial charge in [0.15, 0.2) is 0 Å². The Morgan fingerprint density at radius 3 is 2.64 bits per heavy atom. The van der Waals surface area contributed by atoms with Gasteiger partial charge in [0.25, 0.3) is 0 Å². The highest BCUT2D eigenvalue weighted by atomic mass is 16.6. The van der Waals surface area contributed by atoms with Crippen molar-refractivity contribution in [1.29, 1.82) is 0 Å². The number of carbonyl (C=O) groups is 3. The molecule has 1 aliphatic heterocycles. The number of nitrogens with two attached hydrogens (primary N) is 1. The lowest BCUT2D eigenvalue weighted by Gasteiger charge is -2.25. The lowest BCUT2D eigenvalue weighted by molar-refractivity contribution is -0.119. The first-order valence-electron chi connectivity index (χ1n) is 10.9. The number of carbonyl (C=O) groups excluding carboxylic acids is 2. The van der Waals surface area contributed by atoms with E-state index in [1.807, 2.05) is 6.92 Å². The molecule has 1 aliphatic rings. The fourth-order valence-corrected chi connectivity index (χ4v) is 3.71. The van der Waals surface area contributed by atoms with Crippen LogP contribution in [0.1, 0.15) is 69.1 Å². The second-order valence-electron chi connectivity index (χ2n) is 9.28. The number of anilines is 2. The van der Waals surface area contributed by atoms with E-state index in [2.05, 4.69) is 15.6 Å². The molecule has 1 aromatic heterocycles. The summed E-state index contributed by atoms with van der Waals surface area (Å²) >= 11 is 0. The highest BCUT2D eigenvalue weighted by molar-refractivity contribution is 6.02. The third-order valence-electron chi connectivity index (χ3n) is 5.40. The van der Waals surface area contributed by atoms with Crippen LogP contribution in [-0.2, 0) is 9.53 Å². The summed E-state index contributed by atoms with van der Waals surface area (Å²) in [7, 11) is 0. The minimum Gasteiger partial charge on any atom is -0.478 e. The maximum atomic E-state index is 12.8. The summed E-state index contributed by atoms with van der Waals surface area (Å²) < 4.78 is 5.41. The largest absolute Gasteiger partial charge is 0.478 e. The molecule has 0 aliphatic carbocycles. The molecule has 2 heterocycles. The van der Waals surface area contributed by atoms with Crippen LogP contribution < -0.4 is 16.4 Å². The van der Waals surface area contributed by atoms with Crippen LogP contribution in [0.2, 0.25) is 0 Å². The maximum Gasteiger partial charge on any atom is 0.408 e. The number of benzene rings is 1. The molecule has 2 aromatic rings. The first-order valence-corrected chi connectivity index (χ1v) is 10.9. The summed E-state index contributed by atoms with van der Waals surface area (Å²) in [5.74, 6) is -1.66. The Kier molecular flexibility index (Phi) is 6.90. The van der Waals surface area contributed by atoms with Crippen LogP contribution in [0.5, 0.6) is 0 Å². The molecule has 2 amide bonds. The number of rotatable bonds is 2. The molecule has 2 atom stereocenters. The van der Waals surface area contributed by atoms with Crippen LogP contribution in [0.25, 0.3) is 11.1 Å². The van der Waals surface area contributed by atoms with Gasteiger partial charge in [0.1, 0.15) is 5.60 Å². The number of ether oxygens (including phenoxy) is 1. The van der Waals surface area contributed by atoms with Crippen molar-refractivity contribution < 1.29 is 24.2 Å². The smallest absolute Gasteiger partial charge is 0.408 e. The number of hydrogen-bond donors (Lipinski definition) is 4. The Labute approximate surface area is 192 Å². The number of nitrogens with one attached hydrogen (secondary N) is 2. The molecule has 33 heavy (non-hydrogen) atoms. The summed E-state index contributed by atoms with van der Waals surface area (Å²) in [6.45, 7) is 7.18. The summed E-state index contributed by atoms with van der Waals surface area (Å²) in [6.07, 6.45) is 2.86. The van der Waals surface area contributed by atoms with E-state index in [0.717, 1.165) is 0 Å². The number of carboxylic acid groups (broad SMARTS) is 1. The predicted octanol–water partition coefficient (Wildman–Crippen LogP) is 4.35. The molecule has 2 bridgehead atoms. The van der Waals surface area contributed by atoms with Gasteiger partial charge >= 0.3 is 12.1 Å². The number of nitrogen functional groups attached to an aromatic ring is 1. The maximum absolute atomic E-state index is 12.8. The first kappa shape index (κ1) is 24.0. The van der Waals surface area contributed by atoms with E-state index in [4.69, 9.17) is 10.5 Å². The number of pyridine rings is 1. The van der Waals surface area contributed by atoms with Gasteiger partial charge in [-0.3, -0.25) is 9.78 Å². The lowest BCUT2D eigenvalue weighted by Crippen LogP contribution is -2.35. The van der Waals surface area contributed by atoms with Crippen LogP contribution in [0.3, 0.4) is 0 Å². The molecule has 9 nitrogen and oxygen atoms in total. The van der Waals surface area contributed by atoms with Gasteiger partial charge in [-0.25, -0.2) is 9.59 Å². The second-order valence-corrected chi connectivity index (χ2v) is 9.28. The van der Waals surface area contributed by atoms with Crippen LogP contribution in [-0.4, -0.2) is 33.7 Å². The van der Waals surface area contributed by atoms with Gasteiger partial charge in [-0.15, -0.1) is 0 Å². The zero-order valence-electron chi connectivity index (χ0n) is 19.3. The summed E-state index contributed by atoms with van der Waals surface area (Å²) in [6, 6.07) is 5.96. The van der Waals surface area contributed by atoms with Gasteiger partial charge in [0, 0.05) is 23.4 Å². The fraction of sp³-hybridized carbons (Fsp3) is 0.417. The summed E-state index contributed by atoms with van der Waals surface area (Å²) in [4.78, 5) is 41.4. The number of fused-ring (bicyclic) bond motifs is 4. The molecule has 0 spiro atoms. The number of aromatic carboxylic acids is 1. The molecule has 5 N–H and O–H groups in total. The van der Waals surface area contributed by atoms with Gasteiger partial charge < -0.3 is 26.2 Å². The van der Waals surface area contributed by atoms with Crippen molar-refractivity contribution in [2.45, 2.75) is 58.6 Å². The van der Waals surface area contributed by atoms with E-state index in [1.165, 1.54) is 12.1 Å². The van der Waals surface area contributed by atoms with E-state index in [0.29, 0.717) is 41.8 Å². The molecule has 0 fully saturated rings. The molecular weight excluding hydrogens is 424 g/mol. The number of nitrogens with zero attached hydrogens (tertiary/aromatic N) is 1. The average Bonchev–Trinajstić information content (AvgIpc) is 2.70. The first-order chi connectivity index (χ1) is 15.4. The van der Waals surface area contributed by atoms with Crippen molar-refractivity contribution in [3.8, 4) is 11.1 Å². The summed E-state index contributed by atoms with van der Waals surface area (Å²) in [5, 5.41) is 15.3. The Bertz CT molecular complexity index is 1080. The van der Waals surface area contributed by atoms with Crippen LogP contribution in [0.4, 0.5) is 16.2 Å². The van der Waals surface area contributed by atoms with Crippen LogP contribution >= 0.6 is 0 Å². The van der Waals surface area contributed by atoms with Gasteiger partial charge in [0.2, 0.25) is 5.91 Å². The zero-order valence-corrected chi connectivity index (χ0v) is 19.3. The Morgan fingerprint density at radius 2 is 1.97 bits per heavy atom. The van der Waals surface area contributed by atoms with Gasteiger partial charge in [0.05, 0.1) is 23.0 Å². The van der Waals surface area contributed by atoms with Crippen LogP contribution in [0, 0.1) is 5.92 Å². The monoisotopic (exact) mass is 454 g/mol. The average molecular weight is 455 g/mol. The Balaban J connectivity index is 2.09. The number of aromatic nitrogens is 1. The third kappa shape index (κ3) is 6.00. The van der Waals surface area contributed by atoms with E-state index in [1.54, 1.807) is 39.1 Å². The Hall–Kier alpha value is -3.62. The summed E-state index contributed by atoms with van der Waals surface area (Å²) in [5.41, 5.74) is 7.46. The van der Waals surface area contributed by atoms with Crippen molar-refractivity contribution in [3.05, 3.63) is 41.7 Å². The minimum absolute atomic E-state index is 0.0556. The molecule has 0 saturated carbocycles. The van der Waals surface area contributed by atoms with Crippen LogP contribution in [0.15, 0.2) is 30.5 Å². The quantitative estimate of drug-likeness (QED) is 0.494. The van der Waals surface area contributed by atoms with Crippen molar-refractivity contribution in [2.75, 3.05) is 11.1 Å². The molecule has 3 rings (SSSR count). The predicted molar refractivity (Wildman–Crippen MR) is 125 cm³/mol. The van der Waals surface area contributed by atoms with Crippen molar-refractivity contribution >= 4 is 29.3 Å². The molecule has 0 saturated heterocycles. The molecule has 0 unspecified atom stereocenters. The zero-order chi connectivity index (χ0) is 24.3. The number of carboxylic acids is 1. The van der Waals surface area contributed by atoms with Gasteiger partial charge in [-0.05, 0) is 63.4 Å². The number of hydrogen-bond acceptors (Lipinski definition) is 6. The normalized spacial score (nSPS) is 18.7. The number of amides is 2. The highest BCUT2D eigenvalue weighted by Gasteiger charge is 2.25. The Morgan fingerprint density at radius 1 is 1.24 bits per heavy atom. The molecular formula is C24H30N4O5. The van der Waals surface area contributed by atoms with Crippen molar-refractivity contribution in [2.24, 2.45) is 5.92 Å². The molecule has 0 radical (unpaired) electrons. The topological polar surface area (TPSA) is 144 Å². The van der Waals surface area contributed by atoms with E-state index in [-0.39, 0.29) is 23.1 Å². The minimum atomic E-state index is -1.17. The van der Waals surface area contributed by atoms with Crippen molar-refractivity contribution in [3.63, 3.8) is 0 Å². The SMILES string of the molecule is C[C@@H]1CCC[C@H](NC(=O)OC(C)(C)C)c2cc(ccn2)-c2cc(C(=O)O)c(N)cc2NC1=O. The van der Waals surface area contributed by atoms with E-state index < -0.39 is 23.7 Å².